The van der Waals surface area contributed by atoms with Crippen molar-refractivity contribution in [1.82, 2.24) is 9.55 Å². The minimum Gasteiger partial charge on any atom is -0.396 e. The van der Waals surface area contributed by atoms with Gasteiger partial charge in [-0.25, -0.2) is 4.79 Å². The van der Waals surface area contributed by atoms with Gasteiger partial charge in [0.25, 0.3) is 5.56 Å². The van der Waals surface area contributed by atoms with E-state index in [0.29, 0.717) is 0 Å². The molecule has 0 fully saturated rings. The van der Waals surface area contributed by atoms with E-state index in [4.69, 9.17) is 35.6 Å². The third-order valence-corrected chi connectivity index (χ3v) is 5.20. The lowest BCUT2D eigenvalue weighted by atomic mass is 10.4. The van der Waals surface area contributed by atoms with Gasteiger partial charge in [0.05, 0.1) is 26.4 Å². The molecule has 25 heavy (non-hydrogen) atoms. The van der Waals surface area contributed by atoms with E-state index in [2.05, 4.69) is 4.98 Å². The molecule has 0 radical (unpaired) electrons. The summed E-state index contributed by atoms with van der Waals surface area (Å²) < 4.78 is 22.3. The smallest absolute Gasteiger partial charge is 0.330 e. The number of aromatic amines is 1. The SMILES string of the molecule is COC[C@@H](COP(O)(=S)CCO)O[C@H](COC)n1ccc(=O)[nH]c1=O. The van der Waals surface area contributed by atoms with Crippen LogP contribution in [0.4, 0.5) is 0 Å². The molecular formula is C13H23N2O8PS. The maximum absolute atomic E-state index is 11.9. The second-order valence-electron chi connectivity index (χ2n) is 5.02. The second kappa shape index (κ2) is 10.9. The maximum atomic E-state index is 11.9. The summed E-state index contributed by atoms with van der Waals surface area (Å²) in [5, 5.41) is 8.87. The zero-order chi connectivity index (χ0) is 18.9. The third-order valence-electron chi connectivity index (χ3n) is 3.02. The summed E-state index contributed by atoms with van der Waals surface area (Å²) >= 11 is 4.91. The standard InChI is InChI=1S/C13H23N2O8PS/c1-20-7-10(8-22-24(19,25)6-5-16)23-12(9-21-2)15-4-3-11(17)14-13(15)18/h3-4,10,12,16H,5-9H2,1-2H3,(H,19,25)(H,14,17,18)/t10-,12+,24?/m0/s1. The quantitative estimate of drug-likeness (QED) is 0.380. The maximum Gasteiger partial charge on any atom is 0.330 e. The van der Waals surface area contributed by atoms with Crippen LogP contribution in [-0.2, 0) is 30.5 Å². The van der Waals surface area contributed by atoms with Crippen LogP contribution in [0.3, 0.4) is 0 Å². The number of rotatable bonds is 12. The highest BCUT2D eigenvalue weighted by molar-refractivity contribution is 8.09. The minimum absolute atomic E-state index is 0.0239. The molecule has 10 nitrogen and oxygen atoms in total. The molecule has 1 aromatic heterocycles. The fourth-order valence-electron chi connectivity index (χ4n) is 1.91. The van der Waals surface area contributed by atoms with Crippen LogP contribution in [0.1, 0.15) is 6.23 Å². The topological polar surface area (TPSA) is 132 Å². The van der Waals surface area contributed by atoms with Crippen LogP contribution < -0.4 is 11.2 Å². The van der Waals surface area contributed by atoms with Crippen LogP contribution in [-0.4, -0.2) is 72.5 Å². The molecule has 3 atom stereocenters. The Balaban J connectivity index is 2.88. The van der Waals surface area contributed by atoms with Crippen LogP contribution in [0.2, 0.25) is 0 Å². The number of nitrogens with one attached hydrogen (secondary N) is 1. The highest BCUT2D eigenvalue weighted by Gasteiger charge is 2.22. The van der Waals surface area contributed by atoms with Crippen molar-refractivity contribution >= 4 is 18.3 Å². The van der Waals surface area contributed by atoms with Crippen molar-refractivity contribution in [1.29, 1.82) is 0 Å². The fraction of sp³-hybridized carbons (Fsp3) is 0.692. The van der Waals surface area contributed by atoms with Gasteiger partial charge in [-0.05, 0) is 11.8 Å². The number of aliphatic hydroxyl groups is 1. The van der Waals surface area contributed by atoms with Gasteiger partial charge in [0.1, 0.15) is 6.10 Å². The van der Waals surface area contributed by atoms with Crippen molar-refractivity contribution in [3.05, 3.63) is 33.1 Å². The third kappa shape index (κ3) is 7.89. The van der Waals surface area contributed by atoms with E-state index in [-0.39, 0.29) is 32.6 Å². The second-order valence-corrected chi connectivity index (χ2v) is 8.71. The molecule has 0 spiro atoms. The predicted molar refractivity (Wildman–Crippen MR) is 93.4 cm³/mol. The molecule has 1 rings (SSSR count). The number of aliphatic hydroxyl groups excluding tert-OH is 1. The Bertz CT molecular complexity index is 678. The van der Waals surface area contributed by atoms with Gasteiger partial charge < -0.3 is 28.7 Å². The summed E-state index contributed by atoms with van der Waals surface area (Å²) in [6, 6.07) is 1.18. The molecule has 1 unspecified atom stereocenters. The van der Waals surface area contributed by atoms with Gasteiger partial charge in [-0.1, -0.05) is 0 Å². The van der Waals surface area contributed by atoms with Crippen molar-refractivity contribution in [2.24, 2.45) is 0 Å². The average Bonchev–Trinajstić information content (AvgIpc) is 2.52. The van der Waals surface area contributed by atoms with Gasteiger partial charge in [-0.15, -0.1) is 0 Å². The van der Waals surface area contributed by atoms with E-state index in [1.54, 1.807) is 0 Å². The molecule has 0 amide bonds. The number of methoxy groups -OCH3 is 2. The first-order valence-electron chi connectivity index (χ1n) is 7.35. The Morgan fingerprint density at radius 3 is 2.52 bits per heavy atom. The van der Waals surface area contributed by atoms with Crippen molar-refractivity contribution in [3.8, 4) is 0 Å². The molecule has 144 valence electrons. The lowest BCUT2D eigenvalue weighted by Crippen LogP contribution is -2.38. The van der Waals surface area contributed by atoms with E-state index in [9.17, 15) is 14.5 Å². The Morgan fingerprint density at radius 1 is 1.28 bits per heavy atom. The van der Waals surface area contributed by atoms with Crippen molar-refractivity contribution in [2.75, 3.05) is 46.8 Å². The number of ether oxygens (including phenoxy) is 3. The first-order chi connectivity index (χ1) is 11.8. The van der Waals surface area contributed by atoms with Crippen molar-refractivity contribution in [2.45, 2.75) is 12.3 Å². The largest absolute Gasteiger partial charge is 0.396 e. The summed E-state index contributed by atoms with van der Waals surface area (Å²) in [5.74, 6) is 0. The highest BCUT2D eigenvalue weighted by atomic mass is 32.5. The Labute approximate surface area is 149 Å². The number of hydrogen-bond acceptors (Lipinski definition) is 8. The molecule has 3 N–H and O–H groups in total. The van der Waals surface area contributed by atoms with Gasteiger partial charge in [-0.2, -0.15) is 0 Å². The van der Waals surface area contributed by atoms with Crippen LogP contribution in [0.25, 0.3) is 0 Å². The molecule has 1 aromatic rings. The molecule has 0 aliphatic carbocycles. The molecule has 0 aliphatic heterocycles. The van der Waals surface area contributed by atoms with Gasteiger partial charge in [0.2, 0.25) is 0 Å². The van der Waals surface area contributed by atoms with E-state index < -0.39 is 30.1 Å². The number of hydrogen-bond donors (Lipinski definition) is 3. The Hall–Kier alpha value is -0.910. The van der Waals surface area contributed by atoms with E-state index in [0.717, 1.165) is 4.57 Å². The minimum atomic E-state index is -3.12. The number of nitrogens with zero attached hydrogens (tertiary/aromatic N) is 1. The lowest BCUT2D eigenvalue weighted by molar-refractivity contribution is -0.120. The normalized spacial score (nSPS) is 16.3. The number of aromatic nitrogens is 2. The Kier molecular flexibility index (Phi) is 9.69. The van der Waals surface area contributed by atoms with Crippen LogP contribution in [0, 0.1) is 0 Å². The molecular weight excluding hydrogens is 375 g/mol. The fourth-order valence-corrected chi connectivity index (χ4v) is 3.12. The molecule has 0 aromatic carbocycles. The van der Waals surface area contributed by atoms with Gasteiger partial charge in [0, 0.05) is 32.6 Å². The van der Waals surface area contributed by atoms with E-state index in [1.807, 2.05) is 0 Å². The van der Waals surface area contributed by atoms with Crippen LogP contribution >= 0.6 is 6.49 Å². The predicted octanol–water partition coefficient (Wildman–Crippen LogP) is -0.976. The van der Waals surface area contributed by atoms with Crippen molar-refractivity contribution in [3.63, 3.8) is 0 Å². The lowest BCUT2D eigenvalue weighted by Gasteiger charge is -2.26. The zero-order valence-corrected chi connectivity index (χ0v) is 15.7. The molecule has 1 heterocycles. The Morgan fingerprint density at radius 2 is 1.96 bits per heavy atom. The first-order valence-corrected chi connectivity index (χ1v) is 10.2. The summed E-state index contributed by atoms with van der Waals surface area (Å²) in [6.07, 6.45) is -0.273. The monoisotopic (exact) mass is 398 g/mol. The molecule has 0 bridgehead atoms. The molecule has 0 aliphatic rings. The number of H-pyrrole nitrogens is 1. The first kappa shape index (κ1) is 22.1. The molecule has 0 saturated heterocycles. The summed E-state index contributed by atoms with van der Waals surface area (Å²) in [5.41, 5.74) is -1.18. The van der Waals surface area contributed by atoms with Gasteiger partial charge >= 0.3 is 5.69 Å². The van der Waals surface area contributed by atoms with Crippen LogP contribution in [0.5, 0.6) is 0 Å². The van der Waals surface area contributed by atoms with Gasteiger partial charge in [-0.3, -0.25) is 14.3 Å². The zero-order valence-electron chi connectivity index (χ0n) is 14.0. The molecule has 12 heteroatoms. The highest BCUT2D eigenvalue weighted by Crippen LogP contribution is 2.41. The average molecular weight is 398 g/mol. The van der Waals surface area contributed by atoms with Crippen molar-refractivity contribution < 1.29 is 28.7 Å². The van der Waals surface area contributed by atoms with E-state index in [1.165, 1.54) is 26.5 Å². The molecule has 0 saturated carbocycles. The van der Waals surface area contributed by atoms with E-state index >= 15 is 0 Å². The van der Waals surface area contributed by atoms with Gasteiger partial charge in [0.15, 0.2) is 12.7 Å². The summed E-state index contributed by atoms with van der Waals surface area (Å²) in [4.78, 5) is 35.1. The van der Waals surface area contributed by atoms with Crippen LogP contribution in [0.15, 0.2) is 21.9 Å². The summed E-state index contributed by atoms with van der Waals surface area (Å²) in [7, 11) is 2.89. The summed E-state index contributed by atoms with van der Waals surface area (Å²) in [6.45, 7) is -3.37.